The standard InChI is InChI=1S/C23H25NO6S/c1-23(2)13-12-17-20(28-3)11-8-16(22(17)30-23)19(25)9-6-15-7-10-21(29-4)18(14-15)24-31(5,26)27/h6-14,24H,1-5H3/b9-6+. The Labute approximate surface area is 182 Å². The summed E-state index contributed by atoms with van der Waals surface area (Å²) in [5.74, 6) is 1.21. The third-order valence-electron chi connectivity index (χ3n) is 4.60. The highest BCUT2D eigenvalue weighted by atomic mass is 32.2. The summed E-state index contributed by atoms with van der Waals surface area (Å²) >= 11 is 0. The van der Waals surface area contributed by atoms with E-state index in [1.54, 1.807) is 43.5 Å². The van der Waals surface area contributed by atoms with Crippen LogP contribution >= 0.6 is 0 Å². The average Bonchev–Trinajstić information content (AvgIpc) is 2.69. The van der Waals surface area contributed by atoms with Gasteiger partial charge in [-0.05, 0) is 61.9 Å². The van der Waals surface area contributed by atoms with E-state index < -0.39 is 15.6 Å². The van der Waals surface area contributed by atoms with E-state index in [1.807, 2.05) is 26.0 Å². The minimum absolute atomic E-state index is 0.251. The summed E-state index contributed by atoms with van der Waals surface area (Å²) in [7, 11) is -0.470. The molecule has 0 fully saturated rings. The number of anilines is 1. The predicted molar refractivity (Wildman–Crippen MR) is 122 cm³/mol. The molecule has 0 aliphatic carbocycles. The molecular formula is C23H25NO6S. The lowest BCUT2D eigenvalue weighted by molar-refractivity contribution is 0.103. The second-order valence-corrected chi connectivity index (χ2v) is 9.38. The highest BCUT2D eigenvalue weighted by Gasteiger charge is 2.27. The lowest BCUT2D eigenvalue weighted by atomic mass is 9.97. The van der Waals surface area contributed by atoms with Crippen LogP contribution in [0.25, 0.3) is 12.2 Å². The first kappa shape index (κ1) is 22.4. The van der Waals surface area contributed by atoms with Crippen LogP contribution < -0.4 is 18.9 Å². The highest BCUT2D eigenvalue weighted by molar-refractivity contribution is 7.92. The number of ketones is 1. The van der Waals surface area contributed by atoms with Crippen molar-refractivity contribution in [3.63, 3.8) is 0 Å². The van der Waals surface area contributed by atoms with Crippen molar-refractivity contribution in [3.8, 4) is 17.2 Å². The Balaban J connectivity index is 1.94. The van der Waals surface area contributed by atoms with E-state index >= 15 is 0 Å². The monoisotopic (exact) mass is 443 g/mol. The van der Waals surface area contributed by atoms with Crippen molar-refractivity contribution in [1.82, 2.24) is 0 Å². The Kier molecular flexibility index (Phi) is 6.13. The topological polar surface area (TPSA) is 90.9 Å². The second-order valence-electron chi connectivity index (χ2n) is 7.63. The van der Waals surface area contributed by atoms with Crippen molar-refractivity contribution < 1.29 is 27.4 Å². The first-order valence-electron chi connectivity index (χ1n) is 9.50. The third-order valence-corrected chi connectivity index (χ3v) is 5.19. The van der Waals surface area contributed by atoms with Crippen molar-refractivity contribution in [2.75, 3.05) is 25.2 Å². The maximum absolute atomic E-state index is 13.0. The van der Waals surface area contributed by atoms with Gasteiger partial charge in [-0.3, -0.25) is 9.52 Å². The fourth-order valence-electron chi connectivity index (χ4n) is 3.17. The SMILES string of the molecule is COc1ccc(/C=C/C(=O)c2ccc(OC)c3c2OC(C)(C)C=C3)cc1NS(C)(=O)=O. The van der Waals surface area contributed by atoms with Gasteiger partial charge in [-0.15, -0.1) is 0 Å². The number of rotatable bonds is 7. The molecule has 0 unspecified atom stereocenters. The van der Waals surface area contributed by atoms with Crippen LogP contribution in [0.4, 0.5) is 5.69 Å². The highest BCUT2D eigenvalue weighted by Crippen LogP contribution is 2.40. The van der Waals surface area contributed by atoms with Gasteiger partial charge in [0.2, 0.25) is 10.0 Å². The fraction of sp³-hybridized carbons (Fsp3) is 0.261. The van der Waals surface area contributed by atoms with Gasteiger partial charge >= 0.3 is 0 Å². The molecule has 7 nitrogen and oxygen atoms in total. The summed E-state index contributed by atoms with van der Waals surface area (Å²) in [6.45, 7) is 3.81. The number of ether oxygens (including phenoxy) is 3. The quantitative estimate of drug-likeness (QED) is 0.511. The summed E-state index contributed by atoms with van der Waals surface area (Å²) in [5.41, 5.74) is 1.48. The zero-order valence-electron chi connectivity index (χ0n) is 18.1. The first-order chi connectivity index (χ1) is 14.5. The molecule has 2 aromatic carbocycles. The van der Waals surface area contributed by atoms with Crippen LogP contribution in [0, 0.1) is 0 Å². The molecule has 31 heavy (non-hydrogen) atoms. The molecule has 8 heteroatoms. The van der Waals surface area contributed by atoms with Gasteiger partial charge in [0.1, 0.15) is 22.8 Å². The van der Waals surface area contributed by atoms with Crippen LogP contribution in [0.1, 0.15) is 35.3 Å². The molecule has 2 aromatic rings. The molecule has 0 saturated heterocycles. The molecule has 1 heterocycles. The van der Waals surface area contributed by atoms with Crippen LogP contribution in [-0.4, -0.2) is 40.3 Å². The number of benzene rings is 2. The molecule has 0 spiro atoms. The molecule has 1 aliphatic heterocycles. The smallest absolute Gasteiger partial charge is 0.229 e. The molecule has 0 bridgehead atoms. The number of carbonyl (C=O) groups excluding carboxylic acids is 1. The van der Waals surface area contributed by atoms with E-state index in [0.29, 0.717) is 33.9 Å². The van der Waals surface area contributed by atoms with E-state index in [9.17, 15) is 13.2 Å². The van der Waals surface area contributed by atoms with Gasteiger partial charge in [-0.25, -0.2) is 8.42 Å². The van der Waals surface area contributed by atoms with Crippen LogP contribution in [0.3, 0.4) is 0 Å². The Morgan fingerprint density at radius 3 is 2.42 bits per heavy atom. The Morgan fingerprint density at radius 2 is 1.77 bits per heavy atom. The molecule has 0 radical (unpaired) electrons. The van der Waals surface area contributed by atoms with E-state index in [2.05, 4.69) is 4.72 Å². The molecule has 0 amide bonds. The van der Waals surface area contributed by atoms with E-state index in [1.165, 1.54) is 13.2 Å². The zero-order chi connectivity index (χ0) is 22.8. The second kappa shape index (κ2) is 8.47. The Hall–Kier alpha value is -3.26. The van der Waals surface area contributed by atoms with Gasteiger partial charge in [-0.2, -0.15) is 0 Å². The molecule has 164 valence electrons. The van der Waals surface area contributed by atoms with Crippen molar-refractivity contribution in [3.05, 3.63) is 59.2 Å². The van der Waals surface area contributed by atoms with Gasteiger partial charge < -0.3 is 14.2 Å². The number of nitrogens with one attached hydrogen (secondary N) is 1. The lowest BCUT2D eigenvalue weighted by Crippen LogP contribution is -2.28. The van der Waals surface area contributed by atoms with Gasteiger partial charge in [0.25, 0.3) is 0 Å². The minimum Gasteiger partial charge on any atom is -0.496 e. The van der Waals surface area contributed by atoms with Crippen LogP contribution in [0.2, 0.25) is 0 Å². The molecule has 3 rings (SSSR count). The minimum atomic E-state index is -3.48. The number of carbonyl (C=O) groups is 1. The normalized spacial score (nSPS) is 14.6. The lowest BCUT2D eigenvalue weighted by Gasteiger charge is -2.29. The number of methoxy groups -OCH3 is 2. The zero-order valence-corrected chi connectivity index (χ0v) is 18.9. The van der Waals surface area contributed by atoms with Crippen LogP contribution in [0.5, 0.6) is 17.2 Å². The van der Waals surface area contributed by atoms with Crippen LogP contribution in [-0.2, 0) is 10.0 Å². The van der Waals surface area contributed by atoms with Crippen LogP contribution in [0.15, 0.2) is 42.5 Å². The van der Waals surface area contributed by atoms with Gasteiger partial charge in [0.05, 0.1) is 37.3 Å². The number of hydrogen-bond donors (Lipinski definition) is 1. The molecule has 1 aliphatic rings. The van der Waals surface area contributed by atoms with E-state index in [0.717, 1.165) is 6.26 Å². The maximum Gasteiger partial charge on any atom is 0.229 e. The number of fused-ring (bicyclic) bond motifs is 1. The predicted octanol–water partition coefficient (Wildman–Crippen LogP) is 4.16. The van der Waals surface area contributed by atoms with Gasteiger partial charge in [0, 0.05) is 0 Å². The summed E-state index contributed by atoms with van der Waals surface area (Å²) in [6, 6.07) is 8.35. The Morgan fingerprint density at radius 1 is 1.10 bits per heavy atom. The number of allylic oxidation sites excluding steroid dienone is 1. The Bertz CT molecular complexity index is 1180. The molecule has 1 N–H and O–H groups in total. The van der Waals surface area contributed by atoms with Crippen molar-refractivity contribution in [2.24, 2.45) is 0 Å². The van der Waals surface area contributed by atoms with E-state index in [4.69, 9.17) is 14.2 Å². The molecule has 0 atom stereocenters. The molecule has 0 aromatic heterocycles. The molecular weight excluding hydrogens is 418 g/mol. The average molecular weight is 444 g/mol. The summed E-state index contributed by atoms with van der Waals surface area (Å²) < 4.78 is 42.3. The maximum atomic E-state index is 13.0. The van der Waals surface area contributed by atoms with Gasteiger partial charge in [0.15, 0.2) is 5.78 Å². The fourth-order valence-corrected chi connectivity index (χ4v) is 3.73. The summed E-state index contributed by atoms with van der Waals surface area (Å²) in [5, 5.41) is 0. The summed E-state index contributed by atoms with van der Waals surface area (Å²) in [4.78, 5) is 13.0. The van der Waals surface area contributed by atoms with Gasteiger partial charge in [-0.1, -0.05) is 12.1 Å². The third kappa shape index (κ3) is 5.27. The molecule has 0 saturated carbocycles. The first-order valence-corrected chi connectivity index (χ1v) is 11.4. The number of hydrogen-bond acceptors (Lipinski definition) is 6. The largest absolute Gasteiger partial charge is 0.496 e. The van der Waals surface area contributed by atoms with Crippen molar-refractivity contribution in [1.29, 1.82) is 0 Å². The van der Waals surface area contributed by atoms with E-state index in [-0.39, 0.29) is 11.5 Å². The van der Waals surface area contributed by atoms with Crippen molar-refractivity contribution >= 4 is 33.6 Å². The summed E-state index contributed by atoms with van der Waals surface area (Å²) in [6.07, 6.45) is 7.89. The van der Waals surface area contributed by atoms with Crippen molar-refractivity contribution in [2.45, 2.75) is 19.4 Å². The number of sulfonamides is 1.